The summed E-state index contributed by atoms with van der Waals surface area (Å²) in [5.41, 5.74) is 1.44. The number of allylic oxidation sites excluding steroid dienone is 1. The average Bonchev–Trinajstić information content (AvgIpc) is 2.24. The Labute approximate surface area is 117 Å². The van der Waals surface area contributed by atoms with Gasteiger partial charge in [-0.25, -0.2) is 4.79 Å². The molecule has 19 heavy (non-hydrogen) atoms. The SMILES string of the molecule is C=C1CC(C)CC(CCC(C)(C)OC(=O)C(=C)C)C1. The Kier molecular flexibility index (Phi) is 5.39. The van der Waals surface area contributed by atoms with Gasteiger partial charge in [0.25, 0.3) is 0 Å². The maximum atomic E-state index is 11.6. The summed E-state index contributed by atoms with van der Waals surface area (Å²) in [6.45, 7) is 15.7. The highest BCUT2D eigenvalue weighted by atomic mass is 16.6. The fourth-order valence-electron chi connectivity index (χ4n) is 2.88. The van der Waals surface area contributed by atoms with Crippen molar-refractivity contribution in [2.45, 2.75) is 65.4 Å². The van der Waals surface area contributed by atoms with Gasteiger partial charge >= 0.3 is 5.97 Å². The van der Waals surface area contributed by atoms with Gasteiger partial charge in [0.1, 0.15) is 5.60 Å². The van der Waals surface area contributed by atoms with Gasteiger partial charge in [-0.05, 0) is 64.7 Å². The van der Waals surface area contributed by atoms with Gasteiger partial charge in [-0.2, -0.15) is 0 Å². The van der Waals surface area contributed by atoms with Crippen LogP contribution in [0.4, 0.5) is 0 Å². The summed E-state index contributed by atoms with van der Waals surface area (Å²) in [6.07, 6.45) is 5.57. The molecule has 2 atom stereocenters. The van der Waals surface area contributed by atoms with E-state index in [9.17, 15) is 4.79 Å². The average molecular weight is 264 g/mol. The Morgan fingerprint density at radius 2 is 2.05 bits per heavy atom. The number of esters is 1. The third kappa shape index (κ3) is 5.63. The van der Waals surface area contributed by atoms with Crippen molar-refractivity contribution in [2.75, 3.05) is 0 Å². The largest absolute Gasteiger partial charge is 0.456 e. The zero-order valence-electron chi connectivity index (χ0n) is 12.9. The number of hydrogen-bond donors (Lipinski definition) is 0. The molecule has 1 rings (SSSR count). The van der Waals surface area contributed by atoms with E-state index in [2.05, 4.69) is 20.1 Å². The van der Waals surface area contributed by atoms with Crippen LogP contribution >= 0.6 is 0 Å². The molecular weight excluding hydrogens is 236 g/mol. The van der Waals surface area contributed by atoms with Crippen LogP contribution in [-0.2, 0) is 9.53 Å². The van der Waals surface area contributed by atoms with Gasteiger partial charge in [0.2, 0.25) is 0 Å². The zero-order valence-corrected chi connectivity index (χ0v) is 12.9. The minimum absolute atomic E-state index is 0.286. The molecule has 1 aliphatic rings. The van der Waals surface area contributed by atoms with Crippen molar-refractivity contribution in [2.24, 2.45) is 11.8 Å². The molecular formula is C17H28O2. The normalized spacial score (nSPS) is 24.1. The smallest absolute Gasteiger partial charge is 0.333 e. The van der Waals surface area contributed by atoms with Crippen LogP contribution in [0.15, 0.2) is 24.3 Å². The first-order valence-corrected chi connectivity index (χ1v) is 7.25. The van der Waals surface area contributed by atoms with E-state index in [1.807, 2.05) is 13.8 Å². The number of carbonyl (C=O) groups is 1. The lowest BCUT2D eigenvalue weighted by molar-refractivity contribution is -0.152. The summed E-state index contributed by atoms with van der Waals surface area (Å²) in [7, 11) is 0. The summed E-state index contributed by atoms with van der Waals surface area (Å²) >= 11 is 0. The maximum absolute atomic E-state index is 11.6. The lowest BCUT2D eigenvalue weighted by atomic mass is 9.77. The van der Waals surface area contributed by atoms with E-state index in [1.165, 1.54) is 18.4 Å². The Morgan fingerprint density at radius 3 is 2.58 bits per heavy atom. The van der Waals surface area contributed by atoms with E-state index in [-0.39, 0.29) is 5.97 Å². The molecule has 1 aliphatic carbocycles. The van der Waals surface area contributed by atoms with Crippen molar-refractivity contribution < 1.29 is 9.53 Å². The van der Waals surface area contributed by atoms with Crippen LogP contribution in [0.5, 0.6) is 0 Å². The van der Waals surface area contributed by atoms with Crippen molar-refractivity contribution >= 4 is 5.97 Å². The minimum atomic E-state index is -0.405. The summed E-state index contributed by atoms with van der Waals surface area (Å²) in [4.78, 5) is 11.6. The first-order chi connectivity index (χ1) is 8.69. The quantitative estimate of drug-likeness (QED) is 0.410. The molecule has 0 aliphatic heterocycles. The molecule has 0 N–H and O–H groups in total. The van der Waals surface area contributed by atoms with E-state index in [0.29, 0.717) is 11.5 Å². The summed E-state index contributed by atoms with van der Waals surface area (Å²) in [5, 5.41) is 0. The molecule has 0 heterocycles. The van der Waals surface area contributed by atoms with Crippen molar-refractivity contribution in [3.63, 3.8) is 0 Å². The van der Waals surface area contributed by atoms with E-state index in [0.717, 1.165) is 25.2 Å². The second kappa shape index (κ2) is 6.40. The van der Waals surface area contributed by atoms with E-state index >= 15 is 0 Å². The van der Waals surface area contributed by atoms with Gasteiger partial charge in [-0.15, -0.1) is 0 Å². The Bertz CT molecular complexity index is 365. The van der Waals surface area contributed by atoms with Crippen LogP contribution in [-0.4, -0.2) is 11.6 Å². The Hall–Kier alpha value is -1.05. The number of ether oxygens (including phenoxy) is 1. The van der Waals surface area contributed by atoms with Crippen molar-refractivity contribution in [1.29, 1.82) is 0 Å². The van der Waals surface area contributed by atoms with Crippen LogP contribution < -0.4 is 0 Å². The molecule has 1 fully saturated rings. The van der Waals surface area contributed by atoms with Gasteiger partial charge < -0.3 is 4.74 Å². The predicted octanol–water partition coefficient (Wildman–Crippen LogP) is 4.66. The van der Waals surface area contributed by atoms with Gasteiger partial charge in [0.15, 0.2) is 0 Å². The number of rotatable bonds is 5. The molecule has 0 bridgehead atoms. The van der Waals surface area contributed by atoms with Gasteiger partial charge in [-0.3, -0.25) is 0 Å². The zero-order chi connectivity index (χ0) is 14.6. The molecule has 2 unspecified atom stereocenters. The fourth-order valence-corrected chi connectivity index (χ4v) is 2.88. The van der Waals surface area contributed by atoms with Crippen LogP contribution in [0.25, 0.3) is 0 Å². The highest BCUT2D eigenvalue weighted by molar-refractivity contribution is 5.87. The van der Waals surface area contributed by atoms with Gasteiger partial charge in [0, 0.05) is 5.57 Å². The Balaban J connectivity index is 2.44. The third-order valence-electron chi connectivity index (χ3n) is 3.82. The highest BCUT2D eigenvalue weighted by Gasteiger charge is 2.27. The Morgan fingerprint density at radius 1 is 1.42 bits per heavy atom. The third-order valence-corrected chi connectivity index (χ3v) is 3.82. The van der Waals surface area contributed by atoms with Crippen molar-refractivity contribution in [1.82, 2.24) is 0 Å². The molecule has 0 aromatic carbocycles. The molecule has 2 heteroatoms. The fraction of sp³-hybridized carbons (Fsp3) is 0.706. The maximum Gasteiger partial charge on any atom is 0.333 e. The second-order valence-corrected chi connectivity index (χ2v) is 6.83. The molecule has 0 amide bonds. The number of carbonyl (C=O) groups excluding carboxylic acids is 1. The van der Waals surface area contributed by atoms with Crippen LogP contribution in [0, 0.1) is 11.8 Å². The highest BCUT2D eigenvalue weighted by Crippen LogP contribution is 2.35. The van der Waals surface area contributed by atoms with Gasteiger partial charge in [0.05, 0.1) is 0 Å². The summed E-state index contributed by atoms with van der Waals surface area (Å²) in [5.74, 6) is 1.15. The van der Waals surface area contributed by atoms with Crippen molar-refractivity contribution in [3.8, 4) is 0 Å². The summed E-state index contributed by atoms with van der Waals surface area (Å²) < 4.78 is 5.48. The summed E-state index contributed by atoms with van der Waals surface area (Å²) in [6, 6.07) is 0. The predicted molar refractivity (Wildman–Crippen MR) is 79.9 cm³/mol. The van der Waals surface area contributed by atoms with Gasteiger partial charge in [-0.1, -0.05) is 25.7 Å². The standard InChI is InChI=1S/C17H28O2/c1-12(2)16(18)19-17(5,6)8-7-15-10-13(3)9-14(4)11-15/h14-15H,1,3,7-11H2,2,4-6H3. The van der Waals surface area contributed by atoms with Crippen LogP contribution in [0.2, 0.25) is 0 Å². The first-order valence-electron chi connectivity index (χ1n) is 7.25. The van der Waals surface area contributed by atoms with Crippen molar-refractivity contribution in [3.05, 3.63) is 24.3 Å². The molecule has 0 radical (unpaired) electrons. The van der Waals surface area contributed by atoms with Crippen LogP contribution in [0.3, 0.4) is 0 Å². The monoisotopic (exact) mass is 264 g/mol. The topological polar surface area (TPSA) is 26.3 Å². The molecule has 2 nitrogen and oxygen atoms in total. The van der Waals surface area contributed by atoms with Crippen LogP contribution in [0.1, 0.15) is 59.8 Å². The molecule has 0 aromatic heterocycles. The lowest BCUT2D eigenvalue weighted by Gasteiger charge is -2.32. The molecule has 0 spiro atoms. The minimum Gasteiger partial charge on any atom is -0.456 e. The van der Waals surface area contributed by atoms with E-state index in [4.69, 9.17) is 4.74 Å². The molecule has 108 valence electrons. The van der Waals surface area contributed by atoms with E-state index < -0.39 is 5.60 Å². The molecule has 0 saturated heterocycles. The number of hydrogen-bond acceptors (Lipinski definition) is 2. The molecule has 0 aromatic rings. The first kappa shape index (κ1) is 16.0. The van der Waals surface area contributed by atoms with E-state index in [1.54, 1.807) is 6.92 Å². The second-order valence-electron chi connectivity index (χ2n) is 6.83. The molecule has 1 saturated carbocycles. The lowest BCUT2D eigenvalue weighted by Crippen LogP contribution is -2.29.